The van der Waals surface area contributed by atoms with Crippen LogP contribution in [-0.2, 0) is 6.18 Å². The third-order valence-corrected chi connectivity index (χ3v) is 2.45. The predicted molar refractivity (Wildman–Crippen MR) is 59.8 cm³/mol. The number of rotatable bonds is 4. The van der Waals surface area contributed by atoms with Gasteiger partial charge in [0.25, 0.3) is 0 Å². The molecule has 2 nitrogen and oxygen atoms in total. The zero-order valence-corrected chi connectivity index (χ0v) is 9.79. The number of alkyl halides is 3. The molecule has 1 rings (SSSR count). The smallest absolute Gasteiger partial charge is 0.419 e. The fourth-order valence-corrected chi connectivity index (χ4v) is 1.42. The predicted octanol–water partition coefficient (Wildman–Crippen LogP) is 3.07. The van der Waals surface area contributed by atoms with E-state index >= 15 is 0 Å². The molecule has 5 heteroatoms. The number of benzene rings is 1. The molecule has 1 atom stereocenters. The first-order valence-electron chi connectivity index (χ1n) is 5.39. The van der Waals surface area contributed by atoms with Gasteiger partial charge in [-0.25, -0.2) is 0 Å². The Hall–Kier alpha value is -1.23. The molecule has 0 bridgehead atoms. The van der Waals surface area contributed by atoms with Crippen molar-refractivity contribution in [2.24, 2.45) is 11.7 Å². The number of hydrogen-bond acceptors (Lipinski definition) is 2. The Morgan fingerprint density at radius 1 is 1.24 bits per heavy atom. The van der Waals surface area contributed by atoms with Crippen molar-refractivity contribution in [1.29, 1.82) is 0 Å². The Morgan fingerprint density at radius 2 is 1.82 bits per heavy atom. The first-order valence-corrected chi connectivity index (χ1v) is 5.39. The molecule has 0 saturated heterocycles. The summed E-state index contributed by atoms with van der Waals surface area (Å²) >= 11 is 0. The van der Waals surface area contributed by atoms with E-state index in [9.17, 15) is 13.2 Å². The van der Waals surface area contributed by atoms with E-state index in [4.69, 9.17) is 10.5 Å². The van der Waals surface area contributed by atoms with E-state index in [1.54, 1.807) is 0 Å². The number of hydrogen-bond donors (Lipinski definition) is 1. The van der Waals surface area contributed by atoms with Gasteiger partial charge in [-0.1, -0.05) is 26.0 Å². The van der Waals surface area contributed by atoms with Gasteiger partial charge in [0.2, 0.25) is 0 Å². The summed E-state index contributed by atoms with van der Waals surface area (Å²) in [6, 6.07) is 5.16. The second-order valence-corrected chi connectivity index (χ2v) is 4.13. The van der Waals surface area contributed by atoms with E-state index in [1.807, 2.05) is 13.8 Å². The Kier molecular flexibility index (Phi) is 4.40. The summed E-state index contributed by atoms with van der Waals surface area (Å²) in [5.74, 6) is -0.106. The summed E-state index contributed by atoms with van der Waals surface area (Å²) in [5, 5.41) is 0. The Labute approximate surface area is 98.6 Å². The third kappa shape index (κ3) is 3.63. The lowest BCUT2D eigenvalue weighted by Crippen LogP contribution is -2.32. The van der Waals surface area contributed by atoms with Gasteiger partial charge in [-0.05, 0) is 18.1 Å². The van der Waals surface area contributed by atoms with Gasteiger partial charge in [-0.2, -0.15) is 13.2 Å². The standard InChI is InChI=1S/C12H16F3NO/c1-8(2)11(7-16)17-10-6-4-3-5-9(10)12(13,14)15/h3-6,8,11H,7,16H2,1-2H3. The molecule has 0 radical (unpaired) electrons. The largest absolute Gasteiger partial charge is 0.488 e. The quantitative estimate of drug-likeness (QED) is 0.887. The van der Waals surface area contributed by atoms with Crippen LogP contribution in [0, 0.1) is 5.92 Å². The molecule has 0 spiro atoms. The van der Waals surface area contributed by atoms with Crippen molar-refractivity contribution in [2.75, 3.05) is 6.54 Å². The minimum Gasteiger partial charge on any atom is -0.488 e. The van der Waals surface area contributed by atoms with E-state index in [1.165, 1.54) is 18.2 Å². The normalized spacial score (nSPS) is 13.8. The molecule has 1 aromatic carbocycles. The van der Waals surface area contributed by atoms with Crippen molar-refractivity contribution in [3.8, 4) is 5.75 Å². The van der Waals surface area contributed by atoms with Crippen molar-refractivity contribution >= 4 is 0 Å². The minimum absolute atomic E-state index is 0.0567. The molecule has 0 aromatic heterocycles. The summed E-state index contributed by atoms with van der Waals surface area (Å²) in [6.45, 7) is 3.89. The van der Waals surface area contributed by atoms with Gasteiger partial charge in [0.15, 0.2) is 0 Å². The van der Waals surface area contributed by atoms with Crippen molar-refractivity contribution in [3.63, 3.8) is 0 Å². The second-order valence-electron chi connectivity index (χ2n) is 4.13. The van der Waals surface area contributed by atoms with Crippen molar-refractivity contribution in [1.82, 2.24) is 0 Å². The lowest BCUT2D eigenvalue weighted by atomic mass is 10.1. The molecule has 0 amide bonds. The highest BCUT2D eigenvalue weighted by Crippen LogP contribution is 2.36. The summed E-state index contributed by atoms with van der Waals surface area (Å²) < 4.78 is 43.4. The molecule has 0 heterocycles. The average molecular weight is 247 g/mol. The summed E-state index contributed by atoms with van der Waals surface area (Å²) in [4.78, 5) is 0. The molecule has 0 aliphatic heterocycles. The highest BCUT2D eigenvalue weighted by atomic mass is 19.4. The van der Waals surface area contributed by atoms with Crippen LogP contribution in [0.3, 0.4) is 0 Å². The van der Waals surface area contributed by atoms with Crippen LogP contribution in [0.25, 0.3) is 0 Å². The summed E-state index contributed by atoms with van der Waals surface area (Å²) in [7, 11) is 0. The summed E-state index contributed by atoms with van der Waals surface area (Å²) in [6.07, 6.45) is -4.83. The van der Waals surface area contributed by atoms with Crippen LogP contribution >= 0.6 is 0 Å². The van der Waals surface area contributed by atoms with Crippen molar-refractivity contribution < 1.29 is 17.9 Å². The van der Waals surface area contributed by atoms with Crippen LogP contribution in [0.5, 0.6) is 5.75 Å². The van der Waals surface area contributed by atoms with Crippen LogP contribution < -0.4 is 10.5 Å². The summed E-state index contributed by atoms with van der Waals surface area (Å²) in [5.41, 5.74) is 4.71. The van der Waals surface area contributed by atoms with Crippen LogP contribution in [0.4, 0.5) is 13.2 Å². The van der Waals surface area contributed by atoms with Gasteiger partial charge in [-0.3, -0.25) is 0 Å². The molecule has 0 saturated carbocycles. The molecule has 1 unspecified atom stereocenters. The molecule has 0 aliphatic rings. The SMILES string of the molecule is CC(C)C(CN)Oc1ccccc1C(F)(F)F. The van der Waals surface area contributed by atoms with Gasteiger partial charge >= 0.3 is 6.18 Å². The number of ether oxygens (including phenoxy) is 1. The number of para-hydroxylation sites is 1. The van der Waals surface area contributed by atoms with Crippen LogP contribution in [-0.4, -0.2) is 12.6 Å². The maximum absolute atomic E-state index is 12.7. The lowest BCUT2D eigenvalue weighted by molar-refractivity contribution is -0.139. The van der Waals surface area contributed by atoms with Crippen LogP contribution in [0.15, 0.2) is 24.3 Å². The molecule has 96 valence electrons. The molecular formula is C12H16F3NO. The number of halogens is 3. The zero-order valence-electron chi connectivity index (χ0n) is 9.79. The van der Waals surface area contributed by atoms with Crippen LogP contribution in [0.1, 0.15) is 19.4 Å². The Morgan fingerprint density at radius 3 is 2.29 bits per heavy atom. The fraction of sp³-hybridized carbons (Fsp3) is 0.500. The first-order chi connectivity index (χ1) is 7.86. The highest BCUT2D eigenvalue weighted by Gasteiger charge is 2.34. The Bertz CT molecular complexity index is 363. The maximum atomic E-state index is 12.7. The zero-order chi connectivity index (χ0) is 13.1. The minimum atomic E-state index is -4.41. The molecule has 2 N–H and O–H groups in total. The third-order valence-electron chi connectivity index (χ3n) is 2.45. The fourth-order valence-electron chi connectivity index (χ4n) is 1.42. The molecule has 0 aliphatic carbocycles. The van der Waals surface area contributed by atoms with Gasteiger partial charge in [0, 0.05) is 6.54 Å². The topological polar surface area (TPSA) is 35.2 Å². The molecule has 1 aromatic rings. The Balaban J connectivity index is 2.98. The van der Waals surface area contributed by atoms with Crippen molar-refractivity contribution in [3.05, 3.63) is 29.8 Å². The average Bonchev–Trinajstić information content (AvgIpc) is 2.24. The highest BCUT2D eigenvalue weighted by molar-refractivity contribution is 5.35. The van der Waals surface area contributed by atoms with Gasteiger partial charge in [0.05, 0.1) is 5.56 Å². The lowest BCUT2D eigenvalue weighted by Gasteiger charge is -2.23. The van der Waals surface area contributed by atoms with E-state index < -0.39 is 17.8 Å². The molecule has 17 heavy (non-hydrogen) atoms. The van der Waals surface area contributed by atoms with E-state index in [-0.39, 0.29) is 18.2 Å². The van der Waals surface area contributed by atoms with Gasteiger partial charge in [-0.15, -0.1) is 0 Å². The van der Waals surface area contributed by atoms with Crippen molar-refractivity contribution in [2.45, 2.75) is 26.1 Å². The first kappa shape index (κ1) is 13.8. The molecule has 0 fully saturated rings. The maximum Gasteiger partial charge on any atom is 0.419 e. The van der Waals surface area contributed by atoms with Gasteiger partial charge in [0.1, 0.15) is 11.9 Å². The molecular weight excluding hydrogens is 231 g/mol. The number of nitrogens with two attached hydrogens (primary N) is 1. The van der Waals surface area contributed by atoms with E-state index in [0.717, 1.165) is 6.07 Å². The second kappa shape index (κ2) is 5.40. The van der Waals surface area contributed by atoms with Crippen LogP contribution in [0.2, 0.25) is 0 Å². The van der Waals surface area contributed by atoms with E-state index in [2.05, 4.69) is 0 Å². The van der Waals surface area contributed by atoms with E-state index in [0.29, 0.717) is 0 Å². The van der Waals surface area contributed by atoms with Gasteiger partial charge < -0.3 is 10.5 Å². The monoisotopic (exact) mass is 247 g/mol.